The number of rotatable bonds is 5. The third-order valence-electron chi connectivity index (χ3n) is 6.65. The highest BCUT2D eigenvalue weighted by Gasteiger charge is 2.26. The lowest BCUT2D eigenvalue weighted by Crippen LogP contribution is -2.41. The second-order valence-corrected chi connectivity index (χ2v) is 9.31. The van der Waals surface area contributed by atoms with Gasteiger partial charge in [0.2, 0.25) is 5.91 Å². The van der Waals surface area contributed by atoms with E-state index < -0.39 is 0 Å². The van der Waals surface area contributed by atoms with Crippen LogP contribution < -0.4 is 10.9 Å². The van der Waals surface area contributed by atoms with Crippen LogP contribution in [0.25, 0.3) is 22.0 Å². The molecule has 1 amide bonds. The molecule has 1 N–H and O–H groups in total. The van der Waals surface area contributed by atoms with Crippen molar-refractivity contribution < 1.29 is 4.79 Å². The molecule has 0 radical (unpaired) electrons. The maximum Gasteiger partial charge on any atom is 0.275 e. The average Bonchev–Trinajstić information content (AvgIpc) is 2.88. The van der Waals surface area contributed by atoms with Crippen LogP contribution in [0.4, 0.5) is 5.82 Å². The number of nitrogens with one attached hydrogen (secondary N) is 1. The number of likely N-dealkylation sites (tertiary alicyclic amines) is 1. The Morgan fingerprint density at radius 3 is 2.31 bits per heavy atom. The maximum absolute atomic E-state index is 13.2. The Morgan fingerprint density at radius 1 is 0.943 bits per heavy atom. The normalized spacial score (nSPS) is 14.8. The van der Waals surface area contributed by atoms with Gasteiger partial charge in [-0.2, -0.15) is 5.10 Å². The van der Waals surface area contributed by atoms with Crippen molar-refractivity contribution in [3.8, 4) is 11.3 Å². The first-order valence-corrected chi connectivity index (χ1v) is 12.0. The van der Waals surface area contributed by atoms with Gasteiger partial charge in [-0.05, 0) is 44.4 Å². The van der Waals surface area contributed by atoms with Gasteiger partial charge >= 0.3 is 0 Å². The molecule has 7 nitrogen and oxygen atoms in total. The number of fused-ring (bicyclic) bond motifs is 1. The van der Waals surface area contributed by atoms with E-state index in [4.69, 9.17) is 5.10 Å². The molecule has 3 heterocycles. The van der Waals surface area contributed by atoms with E-state index in [1.54, 1.807) is 10.9 Å². The van der Waals surface area contributed by atoms with Crippen molar-refractivity contribution in [2.24, 2.45) is 5.92 Å². The zero-order valence-corrected chi connectivity index (χ0v) is 20.1. The number of hydrogen-bond donors (Lipinski definition) is 1. The third kappa shape index (κ3) is 5.00. The van der Waals surface area contributed by atoms with Crippen LogP contribution >= 0.6 is 0 Å². The molecule has 0 aliphatic carbocycles. The summed E-state index contributed by atoms with van der Waals surface area (Å²) < 4.78 is 1.56. The van der Waals surface area contributed by atoms with E-state index in [9.17, 15) is 9.59 Å². The van der Waals surface area contributed by atoms with Gasteiger partial charge in [-0.3, -0.25) is 14.5 Å². The molecule has 0 atom stereocenters. The van der Waals surface area contributed by atoms with E-state index in [-0.39, 0.29) is 17.4 Å². The number of carbonyl (C=O) groups excluding carboxylic acids is 1. The number of carbonyl (C=O) groups is 1. The van der Waals surface area contributed by atoms with Gasteiger partial charge in [0.1, 0.15) is 5.82 Å². The highest BCUT2D eigenvalue weighted by atomic mass is 16.2. The molecule has 2 aromatic heterocycles. The van der Waals surface area contributed by atoms with Crippen molar-refractivity contribution in [1.29, 1.82) is 0 Å². The Bertz CT molecular complexity index is 1400. The number of piperidine rings is 1. The molecule has 1 aliphatic rings. The average molecular weight is 468 g/mol. The predicted octanol–water partition coefficient (Wildman–Crippen LogP) is 4.38. The summed E-state index contributed by atoms with van der Waals surface area (Å²) in [7, 11) is 0. The van der Waals surface area contributed by atoms with E-state index in [2.05, 4.69) is 34.3 Å². The van der Waals surface area contributed by atoms with Crippen LogP contribution in [-0.2, 0) is 11.5 Å². The minimum Gasteiger partial charge on any atom is -0.310 e. The smallest absolute Gasteiger partial charge is 0.275 e. The Labute approximate surface area is 204 Å². The Balaban J connectivity index is 1.32. The summed E-state index contributed by atoms with van der Waals surface area (Å²) in [4.78, 5) is 32.4. The molecule has 0 spiro atoms. The lowest BCUT2D eigenvalue weighted by Gasteiger charge is -2.31. The number of aryl methyl sites for hydroxylation is 2. The summed E-state index contributed by atoms with van der Waals surface area (Å²) in [6.45, 7) is 5.86. The third-order valence-corrected chi connectivity index (χ3v) is 6.65. The number of anilines is 1. The number of amides is 1. The van der Waals surface area contributed by atoms with Crippen molar-refractivity contribution in [1.82, 2.24) is 19.7 Å². The summed E-state index contributed by atoms with van der Waals surface area (Å²) in [6.07, 6.45) is 3.20. The lowest BCUT2D eigenvalue weighted by atomic mass is 9.96. The first-order chi connectivity index (χ1) is 17.0. The number of benzene rings is 2. The van der Waals surface area contributed by atoms with Gasteiger partial charge in [-0.25, -0.2) is 9.67 Å². The minimum atomic E-state index is -0.0956. The molecule has 1 aliphatic heterocycles. The van der Waals surface area contributed by atoms with Gasteiger partial charge in [0.05, 0.1) is 17.7 Å². The summed E-state index contributed by atoms with van der Waals surface area (Å²) in [5.41, 5.74) is 3.93. The van der Waals surface area contributed by atoms with Crippen LogP contribution in [0.15, 0.2) is 71.7 Å². The molecule has 1 fully saturated rings. The van der Waals surface area contributed by atoms with Crippen molar-refractivity contribution in [3.63, 3.8) is 0 Å². The number of aromatic nitrogens is 3. The quantitative estimate of drug-likeness (QED) is 0.471. The highest BCUT2D eigenvalue weighted by molar-refractivity contribution is 5.93. The van der Waals surface area contributed by atoms with Gasteiger partial charge in [0.15, 0.2) is 0 Å². The van der Waals surface area contributed by atoms with Crippen LogP contribution in [0.1, 0.15) is 24.0 Å². The van der Waals surface area contributed by atoms with Crippen molar-refractivity contribution >= 4 is 22.5 Å². The van der Waals surface area contributed by atoms with Gasteiger partial charge < -0.3 is 5.32 Å². The molecule has 0 saturated carbocycles. The summed E-state index contributed by atoms with van der Waals surface area (Å²) >= 11 is 0. The van der Waals surface area contributed by atoms with E-state index >= 15 is 0 Å². The first kappa shape index (κ1) is 22.9. The fourth-order valence-corrected chi connectivity index (χ4v) is 4.55. The molecule has 7 heteroatoms. The molecule has 0 bridgehead atoms. The molecular weight excluding hydrogens is 438 g/mol. The van der Waals surface area contributed by atoms with Crippen LogP contribution in [-0.4, -0.2) is 38.7 Å². The lowest BCUT2D eigenvalue weighted by molar-refractivity contribution is -0.121. The number of nitrogens with zero attached hydrogens (tertiary/aromatic N) is 4. The SMILES string of the molecule is Cc1ccc(-c2nn(CN3CCC(C(=O)Nc4ccc(C)cn4)CC3)c(=O)c3ccccc23)cc1. The fraction of sp³-hybridized carbons (Fsp3) is 0.286. The second-order valence-electron chi connectivity index (χ2n) is 9.31. The maximum atomic E-state index is 13.2. The van der Waals surface area contributed by atoms with Crippen LogP contribution in [0.2, 0.25) is 0 Å². The van der Waals surface area contributed by atoms with E-state index in [0.29, 0.717) is 17.9 Å². The van der Waals surface area contributed by atoms with Crippen molar-refractivity contribution in [2.75, 3.05) is 18.4 Å². The van der Waals surface area contributed by atoms with E-state index in [1.807, 2.05) is 55.5 Å². The second kappa shape index (κ2) is 9.80. The zero-order chi connectivity index (χ0) is 24.4. The van der Waals surface area contributed by atoms with Crippen LogP contribution in [0.3, 0.4) is 0 Å². The summed E-state index contributed by atoms with van der Waals surface area (Å²) in [6, 6.07) is 19.6. The molecular formula is C28H29N5O2. The van der Waals surface area contributed by atoms with E-state index in [1.165, 1.54) is 5.56 Å². The van der Waals surface area contributed by atoms with Gasteiger partial charge in [0, 0.05) is 36.2 Å². The molecule has 35 heavy (non-hydrogen) atoms. The van der Waals surface area contributed by atoms with Gasteiger partial charge in [-0.15, -0.1) is 0 Å². The summed E-state index contributed by atoms with van der Waals surface area (Å²) in [5.74, 6) is 0.515. The molecule has 4 aromatic rings. The monoisotopic (exact) mass is 467 g/mol. The van der Waals surface area contributed by atoms with Crippen LogP contribution in [0.5, 0.6) is 0 Å². The fourth-order valence-electron chi connectivity index (χ4n) is 4.55. The van der Waals surface area contributed by atoms with Gasteiger partial charge in [0.25, 0.3) is 5.56 Å². The summed E-state index contributed by atoms with van der Waals surface area (Å²) in [5, 5.41) is 9.24. The van der Waals surface area contributed by atoms with Crippen molar-refractivity contribution in [3.05, 3.63) is 88.3 Å². The van der Waals surface area contributed by atoms with Gasteiger partial charge in [-0.1, -0.05) is 54.1 Å². The standard InChI is InChI=1S/C28H29N5O2/c1-19-7-10-21(11-8-19)26-23-5-3-4-6-24(23)28(35)33(31-26)18-32-15-13-22(14-16-32)27(34)30-25-12-9-20(2)17-29-25/h3-12,17,22H,13-16,18H2,1-2H3,(H,29,30,34). The Hall–Kier alpha value is -3.84. The molecule has 1 saturated heterocycles. The Kier molecular flexibility index (Phi) is 6.42. The number of hydrogen-bond acceptors (Lipinski definition) is 5. The molecule has 2 aromatic carbocycles. The highest BCUT2D eigenvalue weighted by Crippen LogP contribution is 2.25. The predicted molar refractivity (Wildman–Crippen MR) is 138 cm³/mol. The molecule has 5 rings (SSSR count). The van der Waals surface area contributed by atoms with Crippen LogP contribution in [0, 0.1) is 19.8 Å². The first-order valence-electron chi connectivity index (χ1n) is 12.0. The van der Waals surface area contributed by atoms with Crippen molar-refractivity contribution in [2.45, 2.75) is 33.4 Å². The topological polar surface area (TPSA) is 80.1 Å². The minimum absolute atomic E-state index is 0.00339. The zero-order valence-electron chi connectivity index (χ0n) is 20.1. The van der Waals surface area contributed by atoms with E-state index in [0.717, 1.165) is 48.1 Å². The molecule has 0 unspecified atom stereocenters. The number of pyridine rings is 1. The molecule has 178 valence electrons. The Morgan fingerprint density at radius 2 is 1.63 bits per heavy atom. The largest absolute Gasteiger partial charge is 0.310 e.